The predicted molar refractivity (Wildman–Crippen MR) is 75.7 cm³/mol. The Kier molecular flexibility index (Phi) is 4.40. The lowest BCUT2D eigenvalue weighted by Gasteiger charge is -2.18. The fraction of sp³-hybridized carbons (Fsp3) is 0.667. The summed E-state index contributed by atoms with van der Waals surface area (Å²) >= 11 is 3.35. The zero-order valence-electron chi connectivity index (χ0n) is 10.5. The molecule has 18 heavy (non-hydrogen) atoms. The maximum absolute atomic E-state index is 12.0. The topological polar surface area (TPSA) is 72.9 Å². The van der Waals surface area contributed by atoms with Crippen LogP contribution in [0.1, 0.15) is 26.2 Å². The number of nitrogens with one attached hydrogen (secondary N) is 1. The standard InChI is InChI=1S/C12H19BrN4O/c1-2-5-17-12(18)11(13)10(7-15-17)16-9(6-14)8-3-4-8/h7-9,16H,2-6,14H2,1H3. The number of nitrogens with zero attached hydrogens (tertiary/aromatic N) is 2. The molecule has 1 heterocycles. The van der Waals surface area contributed by atoms with Gasteiger partial charge in [-0.25, -0.2) is 4.68 Å². The number of hydrogen-bond acceptors (Lipinski definition) is 4. The largest absolute Gasteiger partial charge is 0.378 e. The second-order valence-corrected chi connectivity index (χ2v) is 5.52. The van der Waals surface area contributed by atoms with E-state index in [9.17, 15) is 4.79 Å². The molecule has 3 N–H and O–H groups in total. The zero-order chi connectivity index (χ0) is 13.1. The number of aromatic nitrogens is 2. The van der Waals surface area contributed by atoms with Gasteiger partial charge >= 0.3 is 0 Å². The summed E-state index contributed by atoms with van der Waals surface area (Å²) in [7, 11) is 0. The van der Waals surface area contributed by atoms with Crippen molar-refractivity contribution in [2.45, 2.75) is 38.8 Å². The summed E-state index contributed by atoms with van der Waals surface area (Å²) in [5.41, 5.74) is 6.40. The van der Waals surface area contributed by atoms with E-state index < -0.39 is 0 Å². The van der Waals surface area contributed by atoms with E-state index in [0.29, 0.717) is 23.5 Å². The molecule has 2 rings (SSSR count). The maximum Gasteiger partial charge on any atom is 0.283 e. The van der Waals surface area contributed by atoms with Gasteiger partial charge in [-0.1, -0.05) is 6.92 Å². The molecule has 0 aromatic carbocycles. The number of rotatable bonds is 6. The summed E-state index contributed by atoms with van der Waals surface area (Å²) in [5, 5.41) is 7.49. The molecule has 0 amide bonds. The fourth-order valence-electron chi connectivity index (χ4n) is 2.00. The summed E-state index contributed by atoms with van der Waals surface area (Å²) in [4.78, 5) is 12.0. The minimum absolute atomic E-state index is 0.0894. The molecule has 1 aromatic heterocycles. The minimum atomic E-state index is -0.0894. The molecule has 0 saturated heterocycles. The van der Waals surface area contributed by atoms with Crippen LogP contribution >= 0.6 is 15.9 Å². The normalized spacial score (nSPS) is 16.6. The summed E-state index contributed by atoms with van der Waals surface area (Å²) in [6.07, 6.45) is 5.02. The first-order valence-corrected chi connectivity index (χ1v) is 7.18. The average Bonchev–Trinajstić information content (AvgIpc) is 3.19. The molecule has 0 spiro atoms. The Hall–Kier alpha value is -0.880. The lowest BCUT2D eigenvalue weighted by Crippen LogP contribution is -2.32. The van der Waals surface area contributed by atoms with Crippen LogP contribution in [0.3, 0.4) is 0 Å². The van der Waals surface area contributed by atoms with Crippen LogP contribution in [0.5, 0.6) is 0 Å². The first-order valence-electron chi connectivity index (χ1n) is 6.39. The van der Waals surface area contributed by atoms with Crippen LogP contribution in [0.15, 0.2) is 15.5 Å². The molecule has 0 aliphatic heterocycles. The van der Waals surface area contributed by atoms with Crippen molar-refractivity contribution in [1.29, 1.82) is 0 Å². The molecule has 6 heteroatoms. The van der Waals surface area contributed by atoms with Crippen LogP contribution in [0, 0.1) is 5.92 Å². The minimum Gasteiger partial charge on any atom is -0.378 e. The van der Waals surface area contributed by atoms with Crippen molar-refractivity contribution in [3.05, 3.63) is 21.0 Å². The zero-order valence-corrected chi connectivity index (χ0v) is 12.1. The van der Waals surface area contributed by atoms with E-state index in [2.05, 4.69) is 26.3 Å². The Morgan fingerprint density at radius 2 is 2.39 bits per heavy atom. The second kappa shape index (κ2) is 5.84. The molecule has 1 fully saturated rings. The molecular formula is C12H19BrN4O. The van der Waals surface area contributed by atoms with Crippen molar-refractivity contribution in [3.8, 4) is 0 Å². The molecule has 1 unspecified atom stereocenters. The quantitative estimate of drug-likeness (QED) is 0.836. The van der Waals surface area contributed by atoms with Gasteiger partial charge in [0, 0.05) is 19.1 Å². The highest BCUT2D eigenvalue weighted by Gasteiger charge is 2.30. The molecule has 1 aliphatic rings. The monoisotopic (exact) mass is 314 g/mol. The molecule has 5 nitrogen and oxygen atoms in total. The van der Waals surface area contributed by atoms with Gasteiger partial charge < -0.3 is 11.1 Å². The third-order valence-electron chi connectivity index (χ3n) is 3.21. The fourth-order valence-corrected chi connectivity index (χ4v) is 2.43. The van der Waals surface area contributed by atoms with Crippen LogP contribution in [0.25, 0.3) is 0 Å². The highest BCUT2D eigenvalue weighted by molar-refractivity contribution is 9.10. The van der Waals surface area contributed by atoms with Gasteiger partial charge in [-0.15, -0.1) is 0 Å². The molecule has 100 valence electrons. The van der Waals surface area contributed by atoms with Crippen molar-refractivity contribution >= 4 is 21.6 Å². The maximum atomic E-state index is 12.0. The van der Waals surface area contributed by atoms with Gasteiger partial charge in [0.2, 0.25) is 0 Å². The van der Waals surface area contributed by atoms with Crippen LogP contribution in [0.4, 0.5) is 5.69 Å². The Labute approximate surface area is 115 Å². The summed E-state index contributed by atoms with van der Waals surface area (Å²) in [6, 6.07) is 0.240. The van der Waals surface area contributed by atoms with Gasteiger partial charge in [-0.05, 0) is 41.1 Å². The Bertz CT molecular complexity index is 470. The van der Waals surface area contributed by atoms with Gasteiger partial charge in [-0.2, -0.15) is 5.10 Å². The molecule has 1 atom stereocenters. The SMILES string of the molecule is CCCn1ncc(NC(CN)C2CC2)c(Br)c1=O. The molecular weight excluding hydrogens is 296 g/mol. The molecule has 1 saturated carbocycles. The Morgan fingerprint density at radius 3 is 2.94 bits per heavy atom. The highest BCUT2D eigenvalue weighted by atomic mass is 79.9. The summed E-state index contributed by atoms with van der Waals surface area (Å²) in [5.74, 6) is 0.639. The predicted octanol–water partition coefficient (Wildman–Crippen LogP) is 1.56. The van der Waals surface area contributed by atoms with Crippen LogP contribution < -0.4 is 16.6 Å². The van der Waals surface area contributed by atoms with E-state index in [0.717, 1.165) is 12.1 Å². The lowest BCUT2D eigenvalue weighted by atomic mass is 10.2. The third-order valence-corrected chi connectivity index (χ3v) is 3.97. The van der Waals surface area contributed by atoms with Crippen molar-refractivity contribution in [2.75, 3.05) is 11.9 Å². The van der Waals surface area contributed by atoms with Crippen LogP contribution in [0.2, 0.25) is 0 Å². The molecule has 0 bridgehead atoms. The number of aryl methyl sites for hydroxylation is 1. The molecule has 1 aliphatic carbocycles. The molecule has 1 aromatic rings. The van der Waals surface area contributed by atoms with Crippen molar-refractivity contribution in [1.82, 2.24) is 9.78 Å². The molecule has 0 radical (unpaired) electrons. The Morgan fingerprint density at radius 1 is 1.67 bits per heavy atom. The van der Waals surface area contributed by atoms with Gasteiger partial charge in [0.25, 0.3) is 5.56 Å². The smallest absolute Gasteiger partial charge is 0.283 e. The van der Waals surface area contributed by atoms with Gasteiger partial charge in [0.15, 0.2) is 0 Å². The van der Waals surface area contributed by atoms with E-state index in [1.54, 1.807) is 6.20 Å². The van der Waals surface area contributed by atoms with Crippen LogP contribution in [-0.2, 0) is 6.54 Å². The van der Waals surface area contributed by atoms with Crippen molar-refractivity contribution in [2.24, 2.45) is 11.7 Å². The van der Waals surface area contributed by atoms with E-state index in [1.807, 2.05) is 6.92 Å². The second-order valence-electron chi connectivity index (χ2n) is 4.72. The summed E-state index contributed by atoms with van der Waals surface area (Å²) in [6.45, 7) is 3.24. The van der Waals surface area contributed by atoms with Gasteiger partial charge in [-0.3, -0.25) is 4.79 Å². The average molecular weight is 315 g/mol. The van der Waals surface area contributed by atoms with Gasteiger partial charge in [0.05, 0.1) is 11.9 Å². The first-order chi connectivity index (χ1) is 8.67. The number of anilines is 1. The first kappa shape index (κ1) is 13.5. The Balaban J connectivity index is 2.18. The number of halogens is 1. The lowest BCUT2D eigenvalue weighted by molar-refractivity contribution is 0.564. The highest BCUT2D eigenvalue weighted by Crippen LogP contribution is 2.34. The van der Waals surface area contributed by atoms with Gasteiger partial charge in [0.1, 0.15) is 4.47 Å². The van der Waals surface area contributed by atoms with Crippen LogP contribution in [-0.4, -0.2) is 22.4 Å². The van der Waals surface area contributed by atoms with E-state index >= 15 is 0 Å². The number of hydrogen-bond donors (Lipinski definition) is 2. The van der Waals surface area contributed by atoms with E-state index in [4.69, 9.17) is 5.73 Å². The van der Waals surface area contributed by atoms with Crippen molar-refractivity contribution < 1.29 is 0 Å². The van der Waals surface area contributed by atoms with E-state index in [1.165, 1.54) is 17.5 Å². The number of nitrogens with two attached hydrogens (primary N) is 1. The van der Waals surface area contributed by atoms with Crippen molar-refractivity contribution in [3.63, 3.8) is 0 Å². The summed E-state index contributed by atoms with van der Waals surface area (Å²) < 4.78 is 2.02. The van der Waals surface area contributed by atoms with E-state index in [-0.39, 0.29) is 11.6 Å². The third kappa shape index (κ3) is 2.92.